The van der Waals surface area contributed by atoms with E-state index in [0.717, 1.165) is 37.1 Å². The van der Waals surface area contributed by atoms with Gasteiger partial charge in [-0.1, -0.05) is 12.1 Å². The second-order valence-corrected chi connectivity index (χ2v) is 9.83. The molecule has 3 fully saturated rings. The summed E-state index contributed by atoms with van der Waals surface area (Å²) in [4.78, 5) is 2.72. The Morgan fingerprint density at radius 1 is 1.07 bits per heavy atom. The van der Waals surface area contributed by atoms with Gasteiger partial charge >= 0.3 is 0 Å². The summed E-state index contributed by atoms with van der Waals surface area (Å²) in [6.07, 6.45) is 4.67. The standard InChI is InChI=1S/C24H31FN4O/c1-24(2)13-19(9-10-30-24)29-14-16-11-18(12-17(16)15-29)26-23-8-7-22(27-28-23)20-5-3-4-6-21(20)25/h3-8,16-19H,9-15H2,1-2H3,(H,26,28)/t16-,17+,18+,19?. The third-order valence-corrected chi connectivity index (χ3v) is 7.13. The van der Waals surface area contributed by atoms with Crippen LogP contribution in [0, 0.1) is 17.7 Å². The van der Waals surface area contributed by atoms with E-state index < -0.39 is 0 Å². The van der Waals surface area contributed by atoms with Crippen LogP contribution in [0.25, 0.3) is 11.3 Å². The lowest BCUT2D eigenvalue weighted by atomic mass is 9.93. The van der Waals surface area contributed by atoms with Crippen molar-refractivity contribution < 1.29 is 9.13 Å². The van der Waals surface area contributed by atoms with Crippen LogP contribution in [0.3, 0.4) is 0 Å². The maximum atomic E-state index is 13.9. The second-order valence-electron chi connectivity index (χ2n) is 9.83. The topological polar surface area (TPSA) is 50.3 Å². The van der Waals surface area contributed by atoms with E-state index >= 15 is 0 Å². The summed E-state index contributed by atoms with van der Waals surface area (Å²) in [6, 6.07) is 11.6. The molecular weight excluding hydrogens is 379 g/mol. The van der Waals surface area contributed by atoms with Gasteiger partial charge in [0.1, 0.15) is 11.6 Å². The lowest BCUT2D eigenvalue weighted by molar-refractivity contribution is -0.0811. The quantitative estimate of drug-likeness (QED) is 0.812. The van der Waals surface area contributed by atoms with Crippen LogP contribution in [0.4, 0.5) is 10.2 Å². The molecule has 2 aliphatic heterocycles. The molecule has 6 heteroatoms. The Kier molecular flexibility index (Phi) is 5.23. The first-order chi connectivity index (χ1) is 14.5. The minimum Gasteiger partial charge on any atom is -0.375 e. The highest BCUT2D eigenvalue weighted by molar-refractivity contribution is 5.60. The average molecular weight is 411 g/mol. The molecule has 2 aromatic rings. The summed E-state index contributed by atoms with van der Waals surface area (Å²) >= 11 is 0. The van der Waals surface area contributed by atoms with Crippen LogP contribution in [0.1, 0.15) is 39.5 Å². The van der Waals surface area contributed by atoms with Gasteiger partial charge in [-0.05, 0) is 75.6 Å². The van der Waals surface area contributed by atoms with Crippen LogP contribution in [0.5, 0.6) is 0 Å². The lowest BCUT2D eigenvalue weighted by Gasteiger charge is -2.40. The van der Waals surface area contributed by atoms with Crippen LogP contribution >= 0.6 is 0 Å². The Bertz CT molecular complexity index is 873. The van der Waals surface area contributed by atoms with E-state index in [1.165, 1.54) is 32.0 Å². The zero-order valence-corrected chi connectivity index (χ0v) is 17.9. The van der Waals surface area contributed by atoms with Crippen molar-refractivity contribution in [1.29, 1.82) is 0 Å². The summed E-state index contributed by atoms with van der Waals surface area (Å²) in [5.74, 6) is 2.04. The van der Waals surface area contributed by atoms with Crippen molar-refractivity contribution in [3.8, 4) is 11.3 Å². The van der Waals surface area contributed by atoms with Gasteiger partial charge in [0.15, 0.2) is 0 Å². The molecule has 160 valence electrons. The first-order valence-electron chi connectivity index (χ1n) is 11.2. The van der Waals surface area contributed by atoms with E-state index in [0.29, 0.717) is 23.3 Å². The van der Waals surface area contributed by atoms with Crippen LogP contribution < -0.4 is 5.32 Å². The molecule has 0 radical (unpaired) electrons. The fourth-order valence-corrected chi connectivity index (χ4v) is 5.69. The van der Waals surface area contributed by atoms with Crippen molar-refractivity contribution in [3.05, 3.63) is 42.2 Å². The van der Waals surface area contributed by atoms with Crippen molar-refractivity contribution in [2.75, 3.05) is 25.0 Å². The van der Waals surface area contributed by atoms with Gasteiger partial charge in [-0.25, -0.2) is 4.39 Å². The van der Waals surface area contributed by atoms with Gasteiger partial charge in [0.25, 0.3) is 0 Å². The van der Waals surface area contributed by atoms with E-state index in [4.69, 9.17) is 4.74 Å². The molecule has 1 N–H and O–H groups in total. The van der Waals surface area contributed by atoms with Gasteiger partial charge in [-0.3, -0.25) is 4.90 Å². The molecule has 3 heterocycles. The number of nitrogens with one attached hydrogen (secondary N) is 1. The number of benzene rings is 1. The predicted molar refractivity (Wildman–Crippen MR) is 116 cm³/mol. The Labute approximate surface area is 178 Å². The number of hydrogen-bond acceptors (Lipinski definition) is 5. The third kappa shape index (κ3) is 4.08. The maximum absolute atomic E-state index is 13.9. The molecule has 5 nitrogen and oxygen atoms in total. The summed E-state index contributed by atoms with van der Waals surface area (Å²) in [6.45, 7) is 7.74. The van der Waals surface area contributed by atoms with Crippen molar-refractivity contribution in [2.45, 2.75) is 57.2 Å². The largest absolute Gasteiger partial charge is 0.375 e. The second kappa shape index (κ2) is 7.89. The summed E-state index contributed by atoms with van der Waals surface area (Å²) in [5.41, 5.74) is 1.07. The molecule has 5 rings (SSSR count). The molecule has 1 aromatic carbocycles. The monoisotopic (exact) mass is 410 g/mol. The summed E-state index contributed by atoms with van der Waals surface area (Å²) in [5, 5.41) is 12.1. The first kappa shape index (κ1) is 19.9. The lowest BCUT2D eigenvalue weighted by Crippen LogP contribution is -2.45. The Morgan fingerprint density at radius 2 is 1.83 bits per heavy atom. The van der Waals surface area contributed by atoms with Crippen molar-refractivity contribution >= 4 is 5.82 Å². The highest BCUT2D eigenvalue weighted by atomic mass is 19.1. The maximum Gasteiger partial charge on any atom is 0.148 e. The smallest absolute Gasteiger partial charge is 0.148 e. The Balaban J connectivity index is 1.16. The number of halogens is 1. The number of nitrogens with zero attached hydrogens (tertiary/aromatic N) is 3. The molecular formula is C24H31FN4O. The van der Waals surface area contributed by atoms with E-state index in [2.05, 4.69) is 34.3 Å². The van der Waals surface area contributed by atoms with Gasteiger partial charge in [-0.2, -0.15) is 0 Å². The van der Waals surface area contributed by atoms with Crippen molar-refractivity contribution in [3.63, 3.8) is 0 Å². The molecule has 1 unspecified atom stereocenters. The van der Waals surface area contributed by atoms with Gasteiger partial charge < -0.3 is 10.1 Å². The molecule has 0 spiro atoms. The highest BCUT2D eigenvalue weighted by Gasteiger charge is 2.44. The summed E-state index contributed by atoms with van der Waals surface area (Å²) in [7, 11) is 0. The molecule has 2 saturated heterocycles. The minimum absolute atomic E-state index is 0.0121. The molecule has 0 bridgehead atoms. The highest BCUT2D eigenvalue weighted by Crippen LogP contribution is 2.41. The summed E-state index contributed by atoms with van der Waals surface area (Å²) < 4.78 is 19.9. The Hall–Kier alpha value is -2.05. The zero-order valence-electron chi connectivity index (χ0n) is 17.9. The predicted octanol–water partition coefficient (Wildman–Crippen LogP) is 4.36. The molecule has 4 atom stereocenters. The third-order valence-electron chi connectivity index (χ3n) is 7.13. The van der Waals surface area contributed by atoms with E-state index in [-0.39, 0.29) is 11.4 Å². The van der Waals surface area contributed by atoms with Crippen LogP contribution in [-0.4, -0.2) is 52.5 Å². The van der Waals surface area contributed by atoms with Gasteiger partial charge in [-0.15, -0.1) is 10.2 Å². The minimum atomic E-state index is -0.270. The normalized spacial score (nSPS) is 30.9. The fourth-order valence-electron chi connectivity index (χ4n) is 5.69. The number of hydrogen-bond donors (Lipinski definition) is 1. The number of aromatic nitrogens is 2. The number of ether oxygens (including phenoxy) is 1. The number of rotatable bonds is 4. The fraction of sp³-hybridized carbons (Fsp3) is 0.583. The molecule has 0 amide bonds. The SMILES string of the molecule is CC1(C)CC(N2C[C@H]3C[C@H](Nc4ccc(-c5ccccc5F)nn4)C[C@H]3C2)CCO1. The number of fused-ring (bicyclic) bond motifs is 1. The van der Waals surface area contributed by atoms with E-state index in [9.17, 15) is 4.39 Å². The van der Waals surface area contributed by atoms with Crippen LogP contribution in [0.2, 0.25) is 0 Å². The van der Waals surface area contributed by atoms with Gasteiger partial charge in [0.2, 0.25) is 0 Å². The van der Waals surface area contributed by atoms with Crippen LogP contribution in [0.15, 0.2) is 36.4 Å². The Morgan fingerprint density at radius 3 is 2.50 bits per heavy atom. The first-order valence-corrected chi connectivity index (χ1v) is 11.2. The van der Waals surface area contributed by atoms with E-state index in [1.54, 1.807) is 12.1 Å². The van der Waals surface area contributed by atoms with Gasteiger partial charge in [0.05, 0.1) is 11.3 Å². The van der Waals surface area contributed by atoms with Crippen molar-refractivity contribution in [1.82, 2.24) is 15.1 Å². The van der Waals surface area contributed by atoms with Gasteiger partial charge in [0, 0.05) is 37.3 Å². The molecule has 3 aliphatic rings. The number of anilines is 1. The molecule has 30 heavy (non-hydrogen) atoms. The van der Waals surface area contributed by atoms with Crippen molar-refractivity contribution in [2.24, 2.45) is 11.8 Å². The molecule has 1 saturated carbocycles. The van der Waals surface area contributed by atoms with E-state index in [1.807, 2.05) is 18.2 Å². The molecule has 1 aliphatic carbocycles. The average Bonchev–Trinajstić information content (AvgIpc) is 3.27. The zero-order chi connectivity index (χ0) is 20.7. The molecule has 1 aromatic heterocycles. The van der Waals surface area contributed by atoms with Crippen LogP contribution in [-0.2, 0) is 4.74 Å². The number of likely N-dealkylation sites (tertiary alicyclic amines) is 1.